The number of halogens is 1. The van der Waals surface area contributed by atoms with E-state index in [-0.39, 0.29) is 0 Å². The third-order valence-electron chi connectivity index (χ3n) is 1.27. The lowest BCUT2D eigenvalue weighted by molar-refractivity contribution is 0.533. The van der Waals surface area contributed by atoms with Gasteiger partial charge in [0.15, 0.2) is 0 Å². The molecule has 1 aromatic rings. The predicted octanol–water partition coefficient (Wildman–Crippen LogP) is -0.218. The number of nitrogens with zero attached hydrogens (tertiary/aromatic N) is 3. The van der Waals surface area contributed by atoms with Gasteiger partial charge < -0.3 is 4.57 Å². The summed E-state index contributed by atoms with van der Waals surface area (Å²) in [6, 6.07) is 0. The quantitative estimate of drug-likeness (QED) is 0.559. The Morgan fingerprint density at radius 2 is 2.00 bits per heavy atom. The molecule has 0 N–H and O–H groups in total. The van der Waals surface area contributed by atoms with Gasteiger partial charge in [0, 0.05) is 7.05 Å². The molecular weight excluding hydrogens is 173 g/mol. The first kappa shape index (κ1) is 8.12. The molecule has 11 heavy (non-hydrogen) atoms. The van der Waals surface area contributed by atoms with Crippen LogP contribution in [0.4, 0.5) is 3.89 Å². The molecule has 5 nitrogen and oxygen atoms in total. The van der Waals surface area contributed by atoms with E-state index in [2.05, 4.69) is 10.2 Å². The predicted molar refractivity (Wildman–Crippen MR) is 34.0 cm³/mol. The molecule has 0 aliphatic rings. The van der Waals surface area contributed by atoms with E-state index in [0.29, 0.717) is 5.82 Å². The first-order valence-corrected chi connectivity index (χ1v) is 4.12. The summed E-state index contributed by atoms with van der Waals surface area (Å²) in [7, 11) is -3.35. The smallest absolute Gasteiger partial charge is 0.303 e. The normalized spacial score (nSPS) is 11.9. The van der Waals surface area contributed by atoms with Gasteiger partial charge in [0.05, 0.1) is 0 Å². The summed E-state index contributed by atoms with van der Waals surface area (Å²) in [6.45, 7) is 1.53. The molecule has 0 spiro atoms. The zero-order chi connectivity index (χ0) is 8.65. The van der Waals surface area contributed by atoms with Crippen LogP contribution in [0.1, 0.15) is 5.82 Å². The largest absolute Gasteiger partial charge is 0.368 e. The van der Waals surface area contributed by atoms with Crippen molar-refractivity contribution in [1.82, 2.24) is 14.8 Å². The van der Waals surface area contributed by atoms with Gasteiger partial charge >= 0.3 is 10.2 Å². The van der Waals surface area contributed by atoms with Crippen LogP contribution in [0.25, 0.3) is 0 Å². The van der Waals surface area contributed by atoms with E-state index < -0.39 is 15.4 Å². The van der Waals surface area contributed by atoms with Crippen molar-refractivity contribution in [3.63, 3.8) is 0 Å². The van der Waals surface area contributed by atoms with Crippen molar-refractivity contribution in [3.8, 4) is 0 Å². The highest BCUT2D eigenvalue weighted by atomic mass is 32.3. The molecule has 0 bridgehead atoms. The van der Waals surface area contributed by atoms with Gasteiger partial charge in [0.2, 0.25) is 0 Å². The third kappa shape index (κ3) is 1.37. The minimum atomic E-state index is -4.72. The highest BCUT2D eigenvalue weighted by Gasteiger charge is 2.19. The maximum absolute atomic E-state index is 12.2. The van der Waals surface area contributed by atoms with Gasteiger partial charge in [-0.1, -0.05) is 3.89 Å². The van der Waals surface area contributed by atoms with Crippen LogP contribution in [0.5, 0.6) is 0 Å². The second-order valence-corrected chi connectivity index (χ2v) is 3.27. The standard InChI is InChI=1S/C4H6FN3O2S/c1-3-6-7-4(8(3)2)11(5,9)10/h1-2H3. The Labute approximate surface area is 63.1 Å². The van der Waals surface area contributed by atoms with Crippen molar-refractivity contribution >= 4 is 10.2 Å². The van der Waals surface area contributed by atoms with Crippen LogP contribution in [0.3, 0.4) is 0 Å². The molecule has 0 aromatic carbocycles. The van der Waals surface area contributed by atoms with Gasteiger partial charge in [0.25, 0.3) is 5.16 Å². The number of rotatable bonds is 1. The Morgan fingerprint density at radius 1 is 1.45 bits per heavy atom. The van der Waals surface area contributed by atoms with Gasteiger partial charge in [-0.15, -0.1) is 10.2 Å². The molecule has 0 aliphatic heterocycles. The Bertz CT molecular complexity index is 369. The van der Waals surface area contributed by atoms with Gasteiger partial charge in [0.1, 0.15) is 5.82 Å². The van der Waals surface area contributed by atoms with E-state index in [1.54, 1.807) is 0 Å². The number of aryl methyl sites for hydroxylation is 1. The summed E-state index contributed by atoms with van der Waals surface area (Å²) in [4.78, 5) is 0. The molecule has 0 atom stereocenters. The summed E-state index contributed by atoms with van der Waals surface area (Å²) in [5.41, 5.74) is 0. The molecular formula is C4H6FN3O2S. The lowest BCUT2D eigenvalue weighted by Gasteiger charge is -1.93. The molecule has 1 heterocycles. The first-order chi connectivity index (χ1) is 4.93. The number of aromatic nitrogens is 3. The van der Waals surface area contributed by atoms with E-state index in [1.807, 2.05) is 0 Å². The van der Waals surface area contributed by atoms with Crippen molar-refractivity contribution in [3.05, 3.63) is 5.82 Å². The molecule has 1 rings (SSSR count). The van der Waals surface area contributed by atoms with Gasteiger partial charge in [-0.05, 0) is 6.92 Å². The fraction of sp³-hybridized carbons (Fsp3) is 0.500. The van der Waals surface area contributed by atoms with Crippen LogP contribution in [-0.4, -0.2) is 23.2 Å². The van der Waals surface area contributed by atoms with Crippen LogP contribution in [0, 0.1) is 6.92 Å². The molecule has 0 unspecified atom stereocenters. The highest BCUT2D eigenvalue weighted by Crippen LogP contribution is 2.07. The van der Waals surface area contributed by atoms with Crippen molar-refractivity contribution < 1.29 is 12.3 Å². The van der Waals surface area contributed by atoms with Crippen molar-refractivity contribution in [2.24, 2.45) is 7.05 Å². The maximum Gasteiger partial charge on any atom is 0.368 e. The van der Waals surface area contributed by atoms with Crippen molar-refractivity contribution in [2.45, 2.75) is 12.1 Å². The average molecular weight is 179 g/mol. The monoisotopic (exact) mass is 179 g/mol. The van der Waals surface area contributed by atoms with Gasteiger partial charge in [-0.2, -0.15) is 8.42 Å². The third-order valence-corrected chi connectivity index (χ3v) is 2.06. The Balaban J connectivity index is 3.38. The number of hydrogen-bond donors (Lipinski definition) is 0. The highest BCUT2D eigenvalue weighted by molar-refractivity contribution is 7.86. The molecule has 0 saturated heterocycles. The van der Waals surface area contributed by atoms with E-state index in [4.69, 9.17) is 0 Å². The lowest BCUT2D eigenvalue weighted by atomic mass is 10.7. The molecule has 1 aromatic heterocycles. The minimum Gasteiger partial charge on any atom is -0.303 e. The van der Waals surface area contributed by atoms with Crippen molar-refractivity contribution in [2.75, 3.05) is 0 Å². The first-order valence-electron chi connectivity index (χ1n) is 2.73. The maximum atomic E-state index is 12.2. The summed E-state index contributed by atoms with van der Waals surface area (Å²) >= 11 is 0. The number of hydrogen-bond acceptors (Lipinski definition) is 4. The van der Waals surface area contributed by atoms with E-state index >= 15 is 0 Å². The molecule has 0 fully saturated rings. The van der Waals surface area contributed by atoms with Gasteiger partial charge in [-0.25, -0.2) is 0 Å². The van der Waals surface area contributed by atoms with E-state index in [1.165, 1.54) is 14.0 Å². The Kier molecular flexibility index (Phi) is 1.67. The molecule has 0 saturated carbocycles. The van der Waals surface area contributed by atoms with E-state index in [9.17, 15) is 12.3 Å². The summed E-state index contributed by atoms with van der Waals surface area (Å²) in [6.07, 6.45) is 0. The minimum absolute atomic E-state index is 0.348. The molecule has 0 radical (unpaired) electrons. The zero-order valence-electron chi connectivity index (χ0n) is 5.94. The van der Waals surface area contributed by atoms with Crippen molar-refractivity contribution in [1.29, 1.82) is 0 Å². The molecule has 7 heteroatoms. The van der Waals surface area contributed by atoms with Crippen LogP contribution in [0.15, 0.2) is 5.16 Å². The van der Waals surface area contributed by atoms with Crippen LogP contribution in [-0.2, 0) is 17.3 Å². The lowest BCUT2D eigenvalue weighted by Crippen LogP contribution is -2.03. The molecule has 0 amide bonds. The summed E-state index contributed by atoms with van der Waals surface area (Å²) in [5.74, 6) is 0.348. The average Bonchev–Trinajstić information content (AvgIpc) is 2.11. The van der Waals surface area contributed by atoms with E-state index in [0.717, 1.165) is 4.57 Å². The van der Waals surface area contributed by atoms with Crippen LogP contribution < -0.4 is 0 Å². The summed E-state index contributed by atoms with van der Waals surface area (Å²) < 4.78 is 33.9. The second kappa shape index (κ2) is 2.26. The SMILES string of the molecule is Cc1nnc(S(=O)(=O)F)n1C. The fourth-order valence-electron chi connectivity index (χ4n) is 0.600. The van der Waals surface area contributed by atoms with Gasteiger partial charge in [-0.3, -0.25) is 0 Å². The fourth-order valence-corrected chi connectivity index (χ4v) is 1.20. The summed E-state index contributed by atoms with van der Waals surface area (Å²) in [5, 5.41) is 5.86. The van der Waals surface area contributed by atoms with Crippen LogP contribution in [0.2, 0.25) is 0 Å². The Hall–Kier alpha value is -0.980. The topological polar surface area (TPSA) is 64.8 Å². The zero-order valence-corrected chi connectivity index (χ0v) is 6.76. The molecule has 62 valence electrons. The molecule has 0 aliphatic carbocycles. The second-order valence-electron chi connectivity index (χ2n) is 2.03. The Morgan fingerprint density at radius 3 is 2.18 bits per heavy atom. The van der Waals surface area contributed by atoms with Crippen LogP contribution >= 0.6 is 0 Å².